The van der Waals surface area contributed by atoms with Gasteiger partial charge in [0.05, 0.1) is 23.0 Å². The highest BCUT2D eigenvalue weighted by molar-refractivity contribution is 9.10. The molecule has 0 aliphatic carbocycles. The molecule has 0 fully saturated rings. The lowest BCUT2D eigenvalue weighted by atomic mass is 10.2. The number of halogens is 2. The Morgan fingerprint density at radius 1 is 1.21 bits per heavy atom. The molecule has 0 aliphatic heterocycles. The number of carbonyl (C=O) groups excluding carboxylic acids is 2. The number of para-hydroxylation sites is 1. The van der Waals surface area contributed by atoms with Gasteiger partial charge < -0.3 is 10.1 Å². The summed E-state index contributed by atoms with van der Waals surface area (Å²) in [6, 6.07) is 11.1. The van der Waals surface area contributed by atoms with Crippen molar-refractivity contribution in [2.45, 2.75) is 26.2 Å². The molecule has 2 aromatic rings. The predicted octanol–water partition coefficient (Wildman–Crippen LogP) is 4.25. The predicted molar refractivity (Wildman–Crippen MR) is 110 cm³/mol. The third-order valence-electron chi connectivity index (χ3n) is 3.58. The van der Waals surface area contributed by atoms with E-state index in [1.54, 1.807) is 12.1 Å². The van der Waals surface area contributed by atoms with Gasteiger partial charge in [0.25, 0.3) is 0 Å². The summed E-state index contributed by atoms with van der Waals surface area (Å²) in [6.07, 6.45) is 3.01. The van der Waals surface area contributed by atoms with E-state index in [2.05, 4.69) is 38.7 Å². The fraction of sp³-hybridized carbons (Fsp3) is 0.250. The van der Waals surface area contributed by atoms with Gasteiger partial charge in [0.1, 0.15) is 18.0 Å². The highest BCUT2D eigenvalue weighted by Crippen LogP contribution is 2.25. The van der Waals surface area contributed by atoms with Crippen LogP contribution in [0.3, 0.4) is 0 Å². The molecule has 0 saturated carbocycles. The molecule has 0 heterocycles. The van der Waals surface area contributed by atoms with E-state index in [9.17, 15) is 14.0 Å². The van der Waals surface area contributed by atoms with Crippen molar-refractivity contribution >= 4 is 39.6 Å². The van der Waals surface area contributed by atoms with Gasteiger partial charge in [-0.3, -0.25) is 9.59 Å². The zero-order valence-electron chi connectivity index (χ0n) is 15.4. The molecule has 6 nitrogen and oxygen atoms in total. The average Bonchev–Trinajstić information content (AvgIpc) is 2.65. The number of nitrogens with one attached hydrogen (secondary N) is 2. The number of anilines is 1. The number of carbonyl (C=O) groups is 2. The van der Waals surface area contributed by atoms with E-state index >= 15 is 0 Å². The van der Waals surface area contributed by atoms with Crippen LogP contribution in [0.2, 0.25) is 0 Å². The molecule has 28 heavy (non-hydrogen) atoms. The van der Waals surface area contributed by atoms with E-state index in [0.717, 1.165) is 28.6 Å². The van der Waals surface area contributed by atoms with E-state index in [1.165, 1.54) is 24.4 Å². The molecule has 0 aromatic heterocycles. The van der Waals surface area contributed by atoms with Gasteiger partial charge in [0.15, 0.2) is 0 Å². The fourth-order valence-corrected chi connectivity index (χ4v) is 2.67. The maximum atomic E-state index is 13.5. The third kappa shape index (κ3) is 7.11. The van der Waals surface area contributed by atoms with Crippen molar-refractivity contribution in [3.05, 3.63) is 58.3 Å². The summed E-state index contributed by atoms with van der Waals surface area (Å²) >= 11 is 3.43. The first-order chi connectivity index (χ1) is 13.5. The minimum absolute atomic E-state index is 0.0231. The lowest BCUT2D eigenvalue weighted by Crippen LogP contribution is -2.24. The van der Waals surface area contributed by atoms with Crippen molar-refractivity contribution in [1.82, 2.24) is 5.43 Å². The number of rotatable bonds is 9. The van der Waals surface area contributed by atoms with E-state index in [-0.39, 0.29) is 5.69 Å². The Morgan fingerprint density at radius 3 is 2.71 bits per heavy atom. The maximum absolute atomic E-state index is 13.5. The molecule has 0 radical (unpaired) electrons. The van der Waals surface area contributed by atoms with Gasteiger partial charge in [-0.05, 0) is 58.2 Å². The topological polar surface area (TPSA) is 79.8 Å². The van der Waals surface area contributed by atoms with Crippen LogP contribution in [0.1, 0.15) is 31.7 Å². The molecule has 8 heteroatoms. The molecule has 2 rings (SSSR count). The monoisotopic (exact) mass is 449 g/mol. The van der Waals surface area contributed by atoms with Crippen LogP contribution in [0, 0.1) is 5.82 Å². The third-order valence-corrected chi connectivity index (χ3v) is 4.20. The van der Waals surface area contributed by atoms with Crippen LogP contribution in [0.4, 0.5) is 10.1 Å². The fourth-order valence-electron chi connectivity index (χ4n) is 2.16. The maximum Gasteiger partial charge on any atom is 0.249 e. The van der Waals surface area contributed by atoms with Crippen LogP contribution in [-0.2, 0) is 9.59 Å². The van der Waals surface area contributed by atoms with Crippen molar-refractivity contribution in [1.29, 1.82) is 0 Å². The largest absolute Gasteiger partial charge is 0.492 e. The Morgan fingerprint density at radius 2 is 2.00 bits per heavy atom. The first kappa shape index (κ1) is 21.6. The zero-order valence-corrected chi connectivity index (χ0v) is 17.0. The Labute approximate surface area is 171 Å². The van der Waals surface area contributed by atoms with E-state index in [1.807, 2.05) is 12.1 Å². The Kier molecular flexibility index (Phi) is 8.61. The van der Waals surface area contributed by atoms with Crippen molar-refractivity contribution < 1.29 is 18.7 Å². The molecule has 0 spiro atoms. The first-order valence-electron chi connectivity index (χ1n) is 8.78. The minimum Gasteiger partial charge on any atom is -0.492 e. The number of benzene rings is 2. The average molecular weight is 450 g/mol. The molecule has 0 atom stereocenters. The second-order valence-corrected chi connectivity index (χ2v) is 6.74. The quantitative estimate of drug-likeness (QED) is 0.260. The molecular formula is C20H21BrFN3O3. The lowest BCUT2D eigenvalue weighted by Gasteiger charge is -2.08. The Balaban J connectivity index is 1.81. The number of nitrogens with zero attached hydrogens (tertiary/aromatic N) is 1. The van der Waals surface area contributed by atoms with Crippen LogP contribution in [0.5, 0.6) is 5.75 Å². The van der Waals surface area contributed by atoms with Crippen molar-refractivity contribution in [2.75, 3.05) is 11.9 Å². The summed E-state index contributed by atoms with van der Waals surface area (Å²) in [4.78, 5) is 23.6. The normalized spacial score (nSPS) is 10.7. The summed E-state index contributed by atoms with van der Waals surface area (Å²) in [5, 5.41) is 6.16. The van der Waals surface area contributed by atoms with Crippen LogP contribution in [-0.4, -0.2) is 24.6 Å². The molecule has 0 bridgehead atoms. The van der Waals surface area contributed by atoms with Gasteiger partial charge in [-0.15, -0.1) is 0 Å². The molecule has 0 aliphatic rings. The number of ether oxygens (including phenoxy) is 1. The standard InChI is InChI=1S/C20H21BrFN3O3/c1-2-3-10-28-18-9-8-14(11-15(18)21)13-23-25-20(27)12-19(26)24-17-7-5-4-6-16(17)22/h4-9,11,13H,2-3,10,12H2,1H3,(H,24,26)(H,25,27). The van der Waals surface area contributed by atoms with Gasteiger partial charge in [0, 0.05) is 0 Å². The Bertz CT molecular complexity index is 858. The SMILES string of the molecule is CCCCOc1ccc(C=NNC(=O)CC(=O)Nc2ccccc2F)cc1Br. The number of hydrogen-bond acceptors (Lipinski definition) is 4. The van der Waals surface area contributed by atoms with Gasteiger partial charge >= 0.3 is 0 Å². The number of amides is 2. The first-order valence-corrected chi connectivity index (χ1v) is 9.57. The highest BCUT2D eigenvalue weighted by Gasteiger charge is 2.11. The summed E-state index contributed by atoms with van der Waals surface area (Å²) in [6.45, 7) is 2.74. The van der Waals surface area contributed by atoms with Crippen LogP contribution in [0.15, 0.2) is 52.0 Å². The van der Waals surface area contributed by atoms with Crippen LogP contribution in [0.25, 0.3) is 0 Å². The summed E-state index contributed by atoms with van der Waals surface area (Å²) in [7, 11) is 0. The number of unbranched alkanes of at least 4 members (excludes halogenated alkanes) is 1. The van der Waals surface area contributed by atoms with E-state index in [0.29, 0.717) is 6.61 Å². The van der Waals surface area contributed by atoms with Crippen molar-refractivity contribution in [3.8, 4) is 5.75 Å². The molecule has 2 N–H and O–H groups in total. The van der Waals surface area contributed by atoms with Gasteiger partial charge in [-0.1, -0.05) is 25.5 Å². The second kappa shape index (κ2) is 11.2. The zero-order chi connectivity index (χ0) is 20.4. The summed E-state index contributed by atoms with van der Waals surface area (Å²) < 4.78 is 19.9. The smallest absolute Gasteiger partial charge is 0.249 e. The molecule has 0 unspecified atom stereocenters. The number of hydrazone groups is 1. The minimum atomic E-state index is -0.630. The number of hydrogen-bond donors (Lipinski definition) is 2. The summed E-state index contributed by atoms with van der Waals surface area (Å²) in [5.41, 5.74) is 3.03. The van der Waals surface area contributed by atoms with Gasteiger partial charge in [-0.2, -0.15) is 5.10 Å². The molecule has 2 aromatic carbocycles. The van der Waals surface area contributed by atoms with Crippen LogP contribution < -0.4 is 15.5 Å². The molecule has 2 amide bonds. The highest BCUT2D eigenvalue weighted by atomic mass is 79.9. The van der Waals surface area contributed by atoms with Crippen molar-refractivity contribution in [2.24, 2.45) is 5.10 Å². The molecule has 0 saturated heterocycles. The van der Waals surface area contributed by atoms with Crippen LogP contribution >= 0.6 is 15.9 Å². The van der Waals surface area contributed by atoms with Gasteiger partial charge in [-0.25, -0.2) is 9.82 Å². The molecule has 148 valence electrons. The lowest BCUT2D eigenvalue weighted by molar-refractivity contribution is -0.126. The second-order valence-electron chi connectivity index (χ2n) is 5.89. The molecular weight excluding hydrogens is 429 g/mol. The van der Waals surface area contributed by atoms with Gasteiger partial charge in [0.2, 0.25) is 11.8 Å². The Hall–Kier alpha value is -2.74. The summed E-state index contributed by atoms with van der Waals surface area (Å²) in [5.74, 6) is -1.07. The van der Waals surface area contributed by atoms with Crippen molar-refractivity contribution in [3.63, 3.8) is 0 Å². The van der Waals surface area contributed by atoms with E-state index < -0.39 is 24.1 Å². The van der Waals surface area contributed by atoms with E-state index in [4.69, 9.17) is 4.74 Å².